The van der Waals surface area contributed by atoms with Gasteiger partial charge >= 0.3 is 0 Å². The van der Waals surface area contributed by atoms with Crippen LogP contribution in [0, 0.1) is 17.1 Å². The van der Waals surface area contributed by atoms with Crippen LogP contribution in [-0.4, -0.2) is 16.6 Å². The van der Waals surface area contributed by atoms with Gasteiger partial charge in [0.05, 0.1) is 21.9 Å². The van der Waals surface area contributed by atoms with Crippen LogP contribution in [0.4, 0.5) is 4.39 Å². The number of benzene rings is 1. The zero-order chi connectivity index (χ0) is 17.8. The van der Waals surface area contributed by atoms with Gasteiger partial charge in [-0.05, 0) is 35.2 Å². The van der Waals surface area contributed by atoms with Crippen LogP contribution in [0.3, 0.4) is 0 Å². The first kappa shape index (κ1) is 17.1. The molecule has 0 saturated carbocycles. The Morgan fingerprint density at radius 1 is 1.32 bits per heavy atom. The molecule has 0 unspecified atom stereocenters. The summed E-state index contributed by atoms with van der Waals surface area (Å²) in [4.78, 5) is 16.6. The van der Waals surface area contributed by atoms with E-state index in [-0.39, 0.29) is 11.6 Å². The highest BCUT2D eigenvalue weighted by Crippen LogP contribution is 2.35. The van der Waals surface area contributed by atoms with Gasteiger partial charge in [-0.15, -0.1) is 11.3 Å². The number of amides is 1. The van der Waals surface area contributed by atoms with E-state index in [2.05, 4.69) is 11.1 Å². The van der Waals surface area contributed by atoms with Crippen molar-refractivity contribution in [3.05, 3.63) is 59.2 Å². The number of hydrogen-bond donors (Lipinski definition) is 1. The van der Waals surface area contributed by atoms with Crippen molar-refractivity contribution in [2.45, 2.75) is 5.03 Å². The Morgan fingerprint density at radius 3 is 2.68 bits per heavy atom. The molecule has 0 radical (unpaired) electrons. The fourth-order valence-electron chi connectivity index (χ4n) is 2.28. The predicted molar refractivity (Wildman–Crippen MR) is 97.6 cm³/mol. The highest BCUT2D eigenvalue weighted by atomic mass is 32.2. The van der Waals surface area contributed by atoms with Gasteiger partial charge in [-0.1, -0.05) is 30.0 Å². The second kappa shape index (κ2) is 7.47. The van der Waals surface area contributed by atoms with Gasteiger partial charge in [0.2, 0.25) is 5.91 Å². The lowest BCUT2D eigenvalue weighted by Crippen LogP contribution is -2.13. The van der Waals surface area contributed by atoms with E-state index in [1.54, 1.807) is 12.1 Å². The Labute approximate surface area is 152 Å². The number of nitrogens with two attached hydrogens (primary N) is 1. The molecule has 4 nitrogen and oxygen atoms in total. The molecule has 3 aromatic rings. The molecule has 0 saturated heterocycles. The van der Waals surface area contributed by atoms with Gasteiger partial charge in [-0.25, -0.2) is 9.37 Å². The topological polar surface area (TPSA) is 79.8 Å². The average Bonchev–Trinajstić information content (AvgIpc) is 3.14. The molecule has 124 valence electrons. The fraction of sp³-hybridized carbons (Fsp3) is 0.0556. The number of thioether (sulfide) groups is 1. The third-order valence-electron chi connectivity index (χ3n) is 3.38. The summed E-state index contributed by atoms with van der Waals surface area (Å²) in [5, 5.41) is 12.0. The monoisotopic (exact) mass is 369 g/mol. The average molecular weight is 369 g/mol. The Bertz CT molecular complexity index is 948. The summed E-state index contributed by atoms with van der Waals surface area (Å²) in [5.74, 6) is -0.808. The molecule has 0 bridgehead atoms. The second-order valence-corrected chi connectivity index (χ2v) is 7.00. The molecule has 7 heteroatoms. The van der Waals surface area contributed by atoms with E-state index in [1.807, 2.05) is 23.6 Å². The van der Waals surface area contributed by atoms with E-state index in [0.717, 1.165) is 16.6 Å². The number of carbonyl (C=O) groups is 1. The van der Waals surface area contributed by atoms with Gasteiger partial charge in [0.15, 0.2) is 0 Å². The van der Waals surface area contributed by atoms with Crippen molar-refractivity contribution in [2.24, 2.45) is 5.73 Å². The lowest BCUT2D eigenvalue weighted by Gasteiger charge is -2.11. The number of aromatic nitrogens is 1. The molecule has 1 amide bonds. The van der Waals surface area contributed by atoms with Crippen molar-refractivity contribution in [3.8, 4) is 27.8 Å². The van der Waals surface area contributed by atoms with E-state index >= 15 is 0 Å². The van der Waals surface area contributed by atoms with E-state index in [4.69, 9.17) is 5.73 Å². The summed E-state index contributed by atoms with van der Waals surface area (Å²) in [6, 6.07) is 13.7. The van der Waals surface area contributed by atoms with Crippen LogP contribution in [0.1, 0.15) is 5.56 Å². The third kappa shape index (κ3) is 3.87. The Hall–Kier alpha value is -2.69. The van der Waals surface area contributed by atoms with E-state index in [9.17, 15) is 14.4 Å². The Kier molecular flexibility index (Phi) is 5.12. The van der Waals surface area contributed by atoms with Crippen LogP contribution in [0.5, 0.6) is 0 Å². The van der Waals surface area contributed by atoms with Gasteiger partial charge < -0.3 is 5.73 Å². The number of halogens is 1. The molecule has 0 spiro atoms. The van der Waals surface area contributed by atoms with Crippen LogP contribution < -0.4 is 5.73 Å². The van der Waals surface area contributed by atoms with Crippen molar-refractivity contribution in [1.29, 1.82) is 5.26 Å². The maximum absolute atomic E-state index is 13.2. The zero-order valence-electron chi connectivity index (χ0n) is 12.9. The predicted octanol–water partition coefficient (Wildman–Crippen LogP) is 4.07. The standard InChI is InChI=1S/C18H12FN3OS2/c19-12-5-3-11(4-6-12)13-8-15(16-2-1-7-24-16)22-18(14(13)9-20)25-10-17(21)23/h1-8H,10H2,(H2,21,23). The smallest absolute Gasteiger partial charge is 0.227 e. The van der Waals surface area contributed by atoms with Crippen molar-refractivity contribution >= 4 is 29.0 Å². The summed E-state index contributed by atoms with van der Waals surface area (Å²) in [6.45, 7) is 0. The number of hydrogen-bond acceptors (Lipinski definition) is 5. The molecular formula is C18H12FN3OS2. The quantitative estimate of drug-likeness (QED) is 0.688. The molecule has 1 aromatic carbocycles. The molecule has 2 heterocycles. The SMILES string of the molecule is N#Cc1c(-c2ccc(F)cc2)cc(-c2cccs2)nc1SCC(N)=O. The van der Waals surface area contributed by atoms with Crippen LogP contribution >= 0.6 is 23.1 Å². The molecule has 0 fully saturated rings. The number of primary amides is 1. The second-order valence-electron chi connectivity index (χ2n) is 5.09. The Balaban J connectivity index is 2.18. The summed E-state index contributed by atoms with van der Waals surface area (Å²) in [6.07, 6.45) is 0. The largest absolute Gasteiger partial charge is 0.369 e. The summed E-state index contributed by atoms with van der Waals surface area (Å²) in [5.41, 5.74) is 7.61. The highest BCUT2D eigenvalue weighted by molar-refractivity contribution is 8.00. The molecule has 0 aliphatic heterocycles. The van der Waals surface area contributed by atoms with Gasteiger partial charge in [0.25, 0.3) is 0 Å². The molecule has 0 aliphatic carbocycles. The molecule has 2 N–H and O–H groups in total. The maximum Gasteiger partial charge on any atom is 0.227 e. The van der Waals surface area contributed by atoms with Gasteiger partial charge in [0, 0.05) is 5.56 Å². The van der Waals surface area contributed by atoms with Gasteiger partial charge in [-0.3, -0.25) is 4.79 Å². The van der Waals surface area contributed by atoms with Crippen molar-refractivity contribution in [1.82, 2.24) is 4.98 Å². The molecular weight excluding hydrogens is 357 g/mol. The van der Waals surface area contributed by atoms with Crippen LogP contribution in [0.2, 0.25) is 0 Å². The van der Waals surface area contributed by atoms with Crippen LogP contribution in [-0.2, 0) is 4.79 Å². The van der Waals surface area contributed by atoms with Crippen LogP contribution in [0.25, 0.3) is 21.7 Å². The zero-order valence-corrected chi connectivity index (χ0v) is 14.5. The number of pyridine rings is 1. The molecule has 0 aliphatic rings. The van der Waals surface area contributed by atoms with Crippen molar-refractivity contribution < 1.29 is 9.18 Å². The highest BCUT2D eigenvalue weighted by Gasteiger charge is 2.17. The number of rotatable bonds is 5. The first-order chi connectivity index (χ1) is 12.1. The van der Waals surface area contributed by atoms with Crippen molar-refractivity contribution in [3.63, 3.8) is 0 Å². The van der Waals surface area contributed by atoms with Crippen molar-refractivity contribution in [2.75, 3.05) is 5.75 Å². The fourth-order valence-corrected chi connectivity index (χ4v) is 3.71. The minimum absolute atomic E-state index is 0.0262. The summed E-state index contributed by atoms with van der Waals surface area (Å²) < 4.78 is 13.2. The normalized spacial score (nSPS) is 10.4. The van der Waals surface area contributed by atoms with Gasteiger partial charge in [0.1, 0.15) is 16.9 Å². The lowest BCUT2D eigenvalue weighted by molar-refractivity contribution is -0.115. The van der Waals surface area contributed by atoms with Gasteiger partial charge in [-0.2, -0.15) is 5.26 Å². The first-order valence-electron chi connectivity index (χ1n) is 7.24. The number of nitrogens with zero attached hydrogens (tertiary/aromatic N) is 2. The van der Waals surface area contributed by atoms with E-state index in [0.29, 0.717) is 27.4 Å². The first-order valence-corrected chi connectivity index (χ1v) is 9.11. The number of carbonyl (C=O) groups excluding carboxylic acids is 1. The number of nitriles is 1. The minimum Gasteiger partial charge on any atom is -0.369 e. The summed E-state index contributed by atoms with van der Waals surface area (Å²) in [7, 11) is 0. The van der Waals surface area contributed by atoms with Crippen LogP contribution in [0.15, 0.2) is 52.9 Å². The van der Waals surface area contributed by atoms with E-state index in [1.165, 1.54) is 23.5 Å². The number of thiophene rings is 1. The molecule has 3 rings (SSSR count). The third-order valence-corrected chi connectivity index (χ3v) is 5.27. The molecule has 0 atom stereocenters. The maximum atomic E-state index is 13.2. The summed E-state index contributed by atoms with van der Waals surface area (Å²) >= 11 is 2.65. The Morgan fingerprint density at radius 2 is 2.08 bits per heavy atom. The minimum atomic E-state index is -0.486. The molecule has 25 heavy (non-hydrogen) atoms. The lowest BCUT2D eigenvalue weighted by atomic mass is 10.0. The van der Waals surface area contributed by atoms with E-state index < -0.39 is 5.91 Å². The molecule has 2 aromatic heterocycles.